The predicted octanol–water partition coefficient (Wildman–Crippen LogP) is 0.159. The van der Waals surface area contributed by atoms with Crippen LogP contribution in [-0.4, -0.2) is 24.0 Å². The second kappa shape index (κ2) is 3.94. The molecule has 2 N–H and O–H groups in total. The van der Waals surface area contributed by atoms with Crippen LogP contribution in [0, 0.1) is 0 Å². The van der Waals surface area contributed by atoms with Crippen molar-refractivity contribution in [2.45, 2.75) is 12.5 Å². The molecule has 1 heterocycles. The average Bonchev–Trinajstić information content (AvgIpc) is 2.30. The number of ether oxygens (including phenoxy) is 1. The largest absolute Gasteiger partial charge is 0.467 e. The summed E-state index contributed by atoms with van der Waals surface area (Å²) >= 11 is 0. The van der Waals surface area contributed by atoms with E-state index in [2.05, 4.69) is 4.74 Å². The van der Waals surface area contributed by atoms with E-state index in [0.717, 1.165) is 16.1 Å². The number of esters is 1. The third-order valence-corrected chi connectivity index (χ3v) is 2.68. The second-order valence-electron chi connectivity index (χ2n) is 3.60. The number of nitrogens with zero attached hydrogens (tertiary/aromatic N) is 1. The highest BCUT2D eigenvalue weighted by molar-refractivity contribution is 5.89. The topological polar surface area (TPSA) is 72.6 Å². The van der Waals surface area contributed by atoms with Gasteiger partial charge in [0.15, 0.2) is 6.04 Å². The van der Waals surface area contributed by atoms with Crippen LogP contribution in [-0.2, 0) is 20.7 Å². The maximum Gasteiger partial charge on any atom is 0.334 e. The van der Waals surface area contributed by atoms with E-state index < -0.39 is 12.0 Å². The summed E-state index contributed by atoms with van der Waals surface area (Å²) in [5.41, 5.74) is 1.56. The number of hydrogen-bond donors (Lipinski definition) is 1. The van der Waals surface area contributed by atoms with Crippen LogP contribution in [0.2, 0.25) is 0 Å². The number of rotatable bonds is 1. The molecule has 0 saturated carbocycles. The number of nitrogens with two attached hydrogens (primary N) is 1. The first kappa shape index (κ1) is 10.6. The Morgan fingerprint density at radius 1 is 1.50 bits per heavy atom. The summed E-state index contributed by atoms with van der Waals surface area (Å²) in [6.07, 6.45) is 0.222. The van der Waals surface area contributed by atoms with Gasteiger partial charge in [0.2, 0.25) is 5.91 Å². The van der Waals surface area contributed by atoms with Crippen LogP contribution < -0.4 is 5.84 Å². The van der Waals surface area contributed by atoms with Crippen molar-refractivity contribution in [2.24, 2.45) is 5.84 Å². The molecule has 2 rings (SSSR count). The molecule has 0 radical (unpaired) electrons. The summed E-state index contributed by atoms with van der Waals surface area (Å²) in [4.78, 5) is 23.2. The van der Waals surface area contributed by atoms with Gasteiger partial charge in [-0.1, -0.05) is 24.3 Å². The Hall–Kier alpha value is -1.88. The summed E-state index contributed by atoms with van der Waals surface area (Å²) < 4.78 is 4.65. The second-order valence-corrected chi connectivity index (χ2v) is 3.60. The lowest BCUT2D eigenvalue weighted by molar-refractivity contribution is -0.154. The number of benzene rings is 1. The third kappa shape index (κ3) is 1.55. The molecule has 5 heteroatoms. The number of carbonyl (C=O) groups is 2. The molecule has 1 unspecified atom stereocenters. The van der Waals surface area contributed by atoms with Gasteiger partial charge in [0, 0.05) is 0 Å². The minimum atomic E-state index is -0.831. The highest BCUT2D eigenvalue weighted by Crippen LogP contribution is 2.28. The minimum absolute atomic E-state index is 0.222. The van der Waals surface area contributed by atoms with Gasteiger partial charge in [-0.2, -0.15) is 0 Å². The number of methoxy groups -OCH3 is 1. The maximum absolute atomic E-state index is 11.6. The summed E-state index contributed by atoms with van der Waals surface area (Å²) in [5, 5.41) is 0.939. The molecule has 1 aliphatic heterocycles. The first-order valence-corrected chi connectivity index (χ1v) is 4.87. The highest BCUT2D eigenvalue weighted by atomic mass is 16.5. The molecule has 1 amide bonds. The smallest absolute Gasteiger partial charge is 0.334 e. The molecule has 0 aliphatic carbocycles. The highest BCUT2D eigenvalue weighted by Gasteiger charge is 2.36. The van der Waals surface area contributed by atoms with Crippen LogP contribution in [0.15, 0.2) is 24.3 Å². The molecule has 84 valence electrons. The van der Waals surface area contributed by atoms with Gasteiger partial charge < -0.3 is 4.74 Å². The van der Waals surface area contributed by atoms with Crippen molar-refractivity contribution < 1.29 is 14.3 Å². The molecule has 16 heavy (non-hydrogen) atoms. The standard InChI is InChI=1S/C11H12N2O3/c1-16-11(15)10-8-5-3-2-4-7(8)6-9(14)13(10)12/h2-5,10H,6,12H2,1H3. The first-order chi connectivity index (χ1) is 7.65. The molecular weight excluding hydrogens is 208 g/mol. The molecule has 1 aromatic rings. The Morgan fingerprint density at radius 2 is 2.19 bits per heavy atom. The van der Waals surface area contributed by atoms with E-state index in [9.17, 15) is 9.59 Å². The van der Waals surface area contributed by atoms with Crippen molar-refractivity contribution >= 4 is 11.9 Å². The maximum atomic E-state index is 11.6. The van der Waals surface area contributed by atoms with E-state index in [0.29, 0.717) is 0 Å². The zero-order valence-corrected chi connectivity index (χ0v) is 8.84. The van der Waals surface area contributed by atoms with Crippen molar-refractivity contribution in [1.29, 1.82) is 0 Å². The van der Waals surface area contributed by atoms with Crippen molar-refractivity contribution in [2.75, 3.05) is 7.11 Å². The Morgan fingerprint density at radius 3 is 2.88 bits per heavy atom. The van der Waals surface area contributed by atoms with Gasteiger partial charge in [-0.3, -0.25) is 9.80 Å². The zero-order valence-electron chi connectivity index (χ0n) is 8.84. The zero-order chi connectivity index (χ0) is 11.7. The molecular formula is C11H12N2O3. The first-order valence-electron chi connectivity index (χ1n) is 4.87. The van der Waals surface area contributed by atoms with Gasteiger partial charge in [0.05, 0.1) is 13.5 Å². The Labute approximate surface area is 92.8 Å². The van der Waals surface area contributed by atoms with E-state index >= 15 is 0 Å². The van der Waals surface area contributed by atoms with Gasteiger partial charge >= 0.3 is 5.97 Å². The van der Waals surface area contributed by atoms with E-state index in [1.54, 1.807) is 12.1 Å². The van der Waals surface area contributed by atoms with Gasteiger partial charge in [0.1, 0.15) is 0 Å². The van der Waals surface area contributed by atoms with Crippen molar-refractivity contribution in [3.8, 4) is 0 Å². The van der Waals surface area contributed by atoms with Crippen LogP contribution in [0.25, 0.3) is 0 Å². The molecule has 0 aromatic heterocycles. The van der Waals surface area contributed by atoms with Gasteiger partial charge in [-0.05, 0) is 11.1 Å². The van der Waals surface area contributed by atoms with Crippen LogP contribution in [0.4, 0.5) is 0 Å². The SMILES string of the molecule is COC(=O)C1c2ccccc2CC(=O)N1N. The molecule has 0 fully saturated rings. The third-order valence-electron chi connectivity index (χ3n) is 2.68. The van der Waals surface area contributed by atoms with E-state index in [1.807, 2.05) is 12.1 Å². The van der Waals surface area contributed by atoms with Crippen molar-refractivity contribution in [3.05, 3.63) is 35.4 Å². The molecule has 0 saturated heterocycles. The molecule has 1 atom stereocenters. The van der Waals surface area contributed by atoms with E-state index in [4.69, 9.17) is 5.84 Å². The lowest BCUT2D eigenvalue weighted by atomic mass is 9.93. The van der Waals surface area contributed by atoms with E-state index in [1.165, 1.54) is 7.11 Å². The summed E-state index contributed by atoms with van der Waals surface area (Å²) in [7, 11) is 1.28. The minimum Gasteiger partial charge on any atom is -0.467 e. The quantitative estimate of drug-likeness (QED) is 0.415. The summed E-state index contributed by atoms with van der Waals surface area (Å²) in [6.45, 7) is 0. The van der Waals surface area contributed by atoms with Crippen LogP contribution in [0.5, 0.6) is 0 Å². The molecule has 1 aromatic carbocycles. The van der Waals surface area contributed by atoms with Crippen LogP contribution >= 0.6 is 0 Å². The van der Waals surface area contributed by atoms with Crippen molar-refractivity contribution in [3.63, 3.8) is 0 Å². The van der Waals surface area contributed by atoms with Gasteiger partial charge in [0.25, 0.3) is 0 Å². The Kier molecular flexibility index (Phi) is 2.62. The average molecular weight is 220 g/mol. The molecule has 5 nitrogen and oxygen atoms in total. The normalized spacial score (nSPS) is 19.2. The lowest BCUT2D eigenvalue weighted by Crippen LogP contribution is -2.48. The summed E-state index contributed by atoms with van der Waals surface area (Å²) in [5.74, 6) is 4.79. The molecule has 1 aliphatic rings. The Balaban J connectivity index is 2.50. The molecule has 0 spiro atoms. The Bertz CT molecular complexity index is 445. The van der Waals surface area contributed by atoms with Crippen LogP contribution in [0.1, 0.15) is 17.2 Å². The number of amides is 1. The van der Waals surface area contributed by atoms with Gasteiger partial charge in [-0.25, -0.2) is 10.6 Å². The number of hydrazine groups is 1. The fraction of sp³-hybridized carbons (Fsp3) is 0.273. The number of hydrogen-bond acceptors (Lipinski definition) is 4. The van der Waals surface area contributed by atoms with E-state index in [-0.39, 0.29) is 12.3 Å². The van der Waals surface area contributed by atoms with Crippen molar-refractivity contribution in [1.82, 2.24) is 5.01 Å². The predicted molar refractivity (Wildman–Crippen MR) is 55.9 cm³/mol. The molecule has 0 bridgehead atoms. The van der Waals surface area contributed by atoms with Crippen LogP contribution in [0.3, 0.4) is 0 Å². The van der Waals surface area contributed by atoms with Gasteiger partial charge in [-0.15, -0.1) is 0 Å². The number of carbonyl (C=O) groups excluding carboxylic acids is 2. The number of fused-ring (bicyclic) bond motifs is 1. The summed E-state index contributed by atoms with van der Waals surface area (Å²) in [6, 6.07) is 6.40. The lowest BCUT2D eigenvalue weighted by Gasteiger charge is -2.31. The monoisotopic (exact) mass is 220 g/mol. The fourth-order valence-corrected chi connectivity index (χ4v) is 1.86. The fourth-order valence-electron chi connectivity index (χ4n) is 1.86.